The lowest BCUT2D eigenvalue weighted by Gasteiger charge is -2.33. The Balaban J connectivity index is 1.66. The zero-order chi connectivity index (χ0) is 27.7. The molecule has 0 radical (unpaired) electrons. The topological polar surface area (TPSA) is 96.0 Å². The largest absolute Gasteiger partial charge is 0.376 e. The number of sulfonamides is 1. The van der Waals surface area contributed by atoms with Crippen LogP contribution in [-0.2, 0) is 37.4 Å². The van der Waals surface area contributed by atoms with Gasteiger partial charge in [0.05, 0.1) is 18.9 Å². The number of nitrogens with one attached hydrogen (secondary N) is 1. The Morgan fingerprint density at radius 1 is 0.897 bits per heavy atom. The lowest BCUT2D eigenvalue weighted by molar-refractivity contribution is -0.142. The van der Waals surface area contributed by atoms with Crippen LogP contribution in [0.1, 0.15) is 35.6 Å². The molecule has 8 nitrogen and oxygen atoms in total. The number of rotatable bonds is 12. The molecule has 1 fully saturated rings. The van der Waals surface area contributed by atoms with Crippen LogP contribution in [0.15, 0.2) is 91.0 Å². The van der Waals surface area contributed by atoms with Gasteiger partial charge in [-0.15, -0.1) is 0 Å². The first-order valence-corrected chi connectivity index (χ1v) is 14.9. The molecule has 0 bridgehead atoms. The van der Waals surface area contributed by atoms with E-state index in [1.54, 1.807) is 12.1 Å². The lowest BCUT2D eigenvalue weighted by Crippen LogP contribution is -2.48. The molecule has 4 rings (SSSR count). The van der Waals surface area contributed by atoms with Gasteiger partial charge in [-0.25, -0.2) is 8.42 Å². The molecule has 0 aliphatic carbocycles. The monoisotopic (exact) mass is 549 g/mol. The van der Waals surface area contributed by atoms with E-state index in [0.717, 1.165) is 34.5 Å². The summed E-state index contributed by atoms with van der Waals surface area (Å²) in [6.07, 6.45) is 2.85. The van der Waals surface area contributed by atoms with Crippen molar-refractivity contribution in [3.63, 3.8) is 0 Å². The number of carbonyl (C=O) groups is 2. The van der Waals surface area contributed by atoms with Crippen LogP contribution >= 0.6 is 0 Å². The van der Waals surface area contributed by atoms with E-state index in [4.69, 9.17) is 4.74 Å². The van der Waals surface area contributed by atoms with Gasteiger partial charge in [-0.1, -0.05) is 91.0 Å². The van der Waals surface area contributed by atoms with Gasteiger partial charge in [0.25, 0.3) is 0 Å². The fourth-order valence-corrected chi connectivity index (χ4v) is 5.38. The molecule has 1 aliphatic rings. The van der Waals surface area contributed by atoms with E-state index in [9.17, 15) is 18.0 Å². The van der Waals surface area contributed by atoms with Gasteiger partial charge in [0.2, 0.25) is 21.8 Å². The van der Waals surface area contributed by atoms with Gasteiger partial charge in [0.1, 0.15) is 6.04 Å². The Labute approximate surface area is 230 Å². The van der Waals surface area contributed by atoms with Crippen molar-refractivity contribution in [2.75, 3.05) is 26.0 Å². The molecule has 0 unspecified atom stereocenters. The highest BCUT2D eigenvalue weighted by Gasteiger charge is 2.34. The smallest absolute Gasteiger partial charge is 0.247 e. The summed E-state index contributed by atoms with van der Waals surface area (Å²) >= 11 is 0. The minimum atomic E-state index is -3.73. The number of nitrogens with zero attached hydrogens (tertiary/aromatic N) is 2. The first kappa shape index (κ1) is 28.5. The summed E-state index contributed by atoms with van der Waals surface area (Å²) in [4.78, 5) is 29.2. The predicted molar refractivity (Wildman–Crippen MR) is 150 cm³/mol. The standard InChI is InChI=1S/C30H35N3O5S/c1-39(36,37)32(21-24-12-5-2-6-13-24)23-28(34)33(22-25-14-7-3-8-15-25)29(26-16-9-4-10-17-26)30(35)31-20-27-18-11-19-38-27/h2-10,12-17,27,29H,11,18-23H2,1H3,(H,31,35)/t27-,29-/m1/s1. The van der Waals surface area contributed by atoms with Gasteiger partial charge in [-0.05, 0) is 29.5 Å². The summed E-state index contributed by atoms with van der Waals surface area (Å²) in [5.74, 6) is -0.809. The molecule has 1 heterocycles. The lowest BCUT2D eigenvalue weighted by atomic mass is 10.0. The number of hydrogen-bond donors (Lipinski definition) is 1. The third kappa shape index (κ3) is 8.23. The maximum atomic E-state index is 14.0. The highest BCUT2D eigenvalue weighted by atomic mass is 32.2. The maximum absolute atomic E-state index is 14.0. The Bertz CT molecular complexity index is 1310. The molecule has 1 N–H and O–H groups in total. The van der Waals surface area contributed by atoms with Gasteiger partial charge < -0.3 is 15.0 Å². The van der Waals surface area contributed by atoms with Crippen LogP contribution in [0, 0.1) is 0 Å². The van der Waals surface area contributed by atoms with E-state index in [1.807, 2.05) is 78.9 Å². The van der Waals surface area contributed by atoms with Gasteiger partial charge in [-0.2, -0.15) is 4.31 Å². The average molecular weight is 550 g/mol. The molecule has 1 saturated heterocycles. The molecule has 0 aromatic heterocycles. The van der Waals surface area contributed by atoms with Crippen LogP contribution in [-0.4, -0.2) is 61.5 Å². The van der Waals surface area contributed by atoms with E-state index in [0.29, 0.717) is 18.7 Å². The normalized spacial score (nSPS) is 16.1. The summed E-state index contributed by atoms with van der Waals surface area (Å²) in [6, 6.07) is 26.6. The summed E-state index contributed by atoms with van der Waals surface area (Å²) in [6.45, 7) is 0.799. The van der Waals surface area contributed by atoms with E-state index < -0.39 is 28.5 Å². The number of hydrogen-bond acceptors (Lipinski definition) is 5. The Morgan fingerprint density at radius 2 is 1.46 bits per heavy atom. The van der Waals surface area contributed by atoms with Crippen molar-refractivity contribution < 1.29 is 22.7 Å². The maximum Gasteiger partial charge on any atom is 0.247 e. The molecule has 1 aliphatic heterocycles. The Kier molecular flexibility index (Phi) is 9.86. The Morgan fingerprint density at radius 3 is 2.00 bits per heavy atom. The zero-order valence-corrected chi connectivity index (χ0v) is 22.9. The van der Waals surface area contributed by atoms with Crippen molar-refractivity contribution in [1.29, 1.82) is 0 Å². The molecular weight excluding hydrogens is 514 g/mol. The van der Waals surface area contributed by atoms with Crippen LogP contribution in [0.5, 0.6) is 0 Å². The highest BCUT2D eigenvalue weighted by molar-refractivity contribution is 7.88. The molecule has 2 atom stereocenters. The third-order valence-corrected chi connectivity index (χ3v) is 7.90. The SMILES string of the molecule is CS(=O)(=O)N(CC(=O)N(Cc1ccccc1)[C@@H](C(=O)NC[C@H]1CCCO1)c1ccccc1)Cc1ccccc1. The number of benzene rings is 3. The second-order valence-electron chi connectivity index (χ2n) is 9.72. The number of ether oxygens (including phenoxy) is 1. The molecule has 3 aromatic carbocycles. The summed E-state index contributed by atoms with van der Waals surface area (Å²) < 4.78 is 32.3. The van der Waals surface area contributed by atoms with Crippen LogP contribution < -0.4 is 5.32 Å². The van der Waals surface area contributed by atoms with Gasteiger partial charge >= 0.3 is 0 Å². The first-order valence-electron chi connectivity index (χ1n) is 13.1. The van der Waals surface area contributed by atoms with E-state index in [2.05, 4.69) is 5.32 Å². The molecule has 206 valence electrons. The quantitative estimate of drug-likeness (QED) is 0.373. The fourth-order valence-electron chi connectivity index (χ4n) is 4.65. The number of carbonyl (C=O) groups excluding carboxylic acids is 2. The van der Waals surface area contributed by atoms with Crippen molar-refractivity contribution >= 4 is 21.8 Å². The summed E-state index contributed by atoms with van der Waals surface area (Å²) in [5, 5.41) is 2.98. The first-order chi connectivity index (χ1) is 18.8. The van der Waals surface area contributed by atoms with Crippen molar-refractivity contribution in [3.05, 3.63) is 108 Å². The van der Waals surface area contributed by atoms with Crippen molar-refractivity contribution in [1.82, 2.24) is 14.5 Å². The average Bonchev–Trinajstić information content (AvgIpc) is 3.46. The molecule has 2 amide bonds. The van der Waals surface area contributed by atoms with Crippen LogP contribution in [0.3, 0.4) is 0 Å². The molecule has 0 spiro atoms. The molecule has 39 heavy (non-hydrogen) atoms. The zero-order valence-electron chi connectivity index (χ0n) is 22.1. The minimum Gasteiger partial charge on any atom is -0.376 e. The summed E-state index contributed by atoms with van der Waals surface area (Å²) in [7, 11) is -3.73. The van der Waals surface area contributed by atoms with Gasteiger partial charge in [0, 0.05) is 26.2 Å². The number of amides is 2. The third-order valence-electron chi connectivity index (χ3n) is 6.70. The van der Waals surface area contributed by atoms with Crippen molar-refractivity contribution in [2.24, 2.45) is 0 Å². The van der Waals surface area contributed by atoms with Crippen LogP contribution in [0.2, 0.25) is 0 Å². The molecule has 0 saturated carbocycles. The van der Waals surface area contributed by atoms with E-state index in [1.165, 1.54) is 4.90 Å². The van der Waals surface area contributed by atoms with Crippen molar-refractivity contribution in [2.45, 2.75) is 38.1 Å². The van der Waals surface area contributed by atoms with E-state index >= 15 is 0 Å². The van der Waals surface area contributed by atoms with Crippen molar-refractivity contribution in [3.8, 4) is 0 Å². The predicted octanol–water partition coefficient (Wildman–Crippen LogP) is 3.51. The molecule has 3 aromatic rings. The minimum absolute atomic E-state index is 0.0474. The highest BCUT2D eigenvalue weighted by Crippen LogP contribution is 2.25. The van der Waals surface area contributed by atoms with Gasteiger partial charge in [-0.3, -0.25) is 9.59 Å². The second kappa shape index (κ2) is 13.5. The fraction of sp³-hybridized carbons (Fsp3) is 0.333. The Hall–Kier alpha value is -3.53. The van der Waals surface area contributed by atoms with Crippen LogP contribution in [0.4, 0.5) is 0 Å². The second-order valence-corrected chi connectivity index (χ2v) is 11.7. The molecular formula is C30H35N3O5S. The van der Waals surface area contributed by atoms with Crippen LogP contribution in [0.25, 0.3) is 0 Å². The van der Waals surface area contributed by atoms with E-state index in [-0.39, 0.29) is 25.1 Å². The van der Waals surface area contributed by atoms with Gasteiger partial charge in [0.15, 0.2) is 0 Å². The summed E-state index contributed by atoms with van der Waals surface area (Å²) in [5.41, 5.74) is 2.23. The molecule has 9 heteroatoms.